The Labute approximate surface area is 208 Å². The maximum atomic E-state index is 14.7. The number of morpholine rings is 1. The van der Waals surface area contributed by atoms with Crippen molar-refractivity contribution in [3.8, 4) is 5.75 Å². The number of carbonyl (C=O) groups is 2. The highest BCUT2D eigenvalue weighted by Crippen LogP contribution is 2.24. The van der Waals surface area contributed by atoms with Crippen LogP contribution in [0, 0.1) is 12.7 Å². The quantitative estimate of drug-likeness (QED) is 0.413. The number of ether oxygens (including phenoxy) is 3. The average Bonchev–Trinajstić information content (AvgIpc) is 2.89. The van der Waals surface area contributed by atoms with Crippen molar-refractivity contribution in [3.63, 3.8) is 0 Å². The molecule has 1 aliphatic heterocycles. The molecule has 0 unspecified atom stereocenters. The van der Waals surface area contributed by atoms with Crippen molar-refractivity contribution in [2.24, 2.45) is 0 Å². The van der Waals surface area contributed by atoms with E-state index in [1.54, 1.807) is 44.4 Å². The van der Waals surface area contributed by atoms with Gasteiger partial charge in [0.15, 0.2) is 0 Å². The Kier molecular flexibility index (Phi) is 8.17. The summed E-state index contributed by atoms with van der Waals surface area (Å²) in [4.78, 5) is 30.3. The number of halogens is 1. The lowest BCUT2D eigenvalue weighted by Crippen LogP contribution is -2.38. The molecule has 1 aliphatic rings. The summed E-state index contributed by atoms with van der Waals surface area (Å²) in [7, 11) is 1.58. The average molecular weight is 497 g/mol. The van der Waals surface area contributed by atoms with Crippen LogP contribution in [0.5, 0.6) is 5.75 Å². The summed E-state index contributed by atoms with van der Waals surface area (Å²) in [5.41, 5.74) is 2.78. The molecule has 36 heavy (non-hydrogen) atoms. The molecule has 2 heterocycles. The van der Waals surface area contributed by atoms with E-state index in [0.29, 0.717) is 61.2 Å². The molecule has 1 fully saturated rings. The third-order valence-electron chi connectivity index (χ3n) is 6.03. The molecule has 0 saturated carbocycles. The van der Waals surface area contributed by atoms with Crippen LogP contribution in [-0.2, 0) is 14.3 Å². The van der Waals surface area contributed by atoms with Gasteiger partial charge in [-0.15, -0.1) is 0 Å². The van der Waals surface area contributed by atoms with Gasteiger partial charge in [0.05, 0.1) is 55.9 Å². The van der Waals surface area contributed by atoms with Crippen LogP contribution >= 0.6 is 0 Å². The second-order valence-corrected chi connectivity index (χ2v) is 8.39. The standard InChI is InChI=1S/C26H29FN4O5/c1-17-22(11-18-3-5-20(34-2)13-24(18)30-17)26(33)29-15-21(36-16-32)14-28-19-4-6-25(23(27)12-19)31-7-9-35-10-8-31/h3-6,11-13,16,21,28H,7-10,14-15H2,1-2H3,(H,29,33)/t21-/m1/s1. The van der Waals surface area contributed by atoms with E-state index >= 15 is 0 Å². The zero-order chi connectivity index (χ0) is 25.5. The first-order valence-corrected chi connectivity index (χ1v) is 11.7. The number of aromatic nitrogens is 1. The molecule has 190 valence electrons. The Morgan fingerprint density at radius 1 is 1.19 bits per heavy atom. The Hall–Kier alpha value is -3.92. The summed E-state index contributed by atoms with van der Waals surface area (Å²) in [5, 5.41) is 6.66. The van der Waals surface area contributed by atoms with Gasteiger partial charge in [-0.05, 0) is 43.3 Å². The van der Waals surface area contributed by atoms with Crippen molar-refractivity contribution in [1.82, 2.24) is 10.3 Å². The summed E-state index contributed by atoms with van der Waals surface area (Å²) < 4.78 is 30.3. The van der Waals surface area contributed by atoms with Crippen molar-refractivity contribution >= 4 is 34.7 Å². The molecule has 3 aromatic rings. The molecular formula is C26H29FN4O5. The van der Waals surface area contributed by atoms with Crippen LogP contribution in [0.3, 0.4) is 0 Å². The smallest absolute Gasteiger partial charge is 0.293 e. The molecule has 0 bridgehead atoms. The summed E-state index contributed by atoms with van der Waals surface area (Å²) in [6.45, 7) is 4.75. The summed E-state index contributed by atoms with van der Waals surface area (Å²) in [6, 6.07) is 12.1. The van der Waals surface area contributed by atoms with Crippen LogP contribution in [0.1, 0.15) is 16.1 Å². The number of rotatable bonds is 10. The van der Waals surface area contributed by atoms with E-state index in [2.05, 4.69) is 15.6 Å². The number of hydrogen-bond donors (Lipinski definition) is 2. The number of benzene rings is 2. The maximum Gasteiger partial charge on any atom is 0.293 e. The van der Waals surface area contributed by atoms with Gasteiger partial charge in [0.2, 0.25) is 0 Å². The van der Waals surface area contributed by atoms with Crippen LogP contribution in [0.2, 0.25) is 0 Å². The molecule has 10 heteroatoms. The van der Waals surface area contributed by atoms with Crippen molar-refractivity contribution < 1.29 is 28.2 Å². The highest BCUT2D eigenvalue weighted by molar-refractivity contribution is 5.98. The van der Waals surface area contributed by atoms with Gasteiger partial charge < -0.3 is 29.7 Å². The molecule has 0 radical (unpaired) electrons. The van der Waals surface area contributed by atoms with Gasteiger partial charge in [0.25, 0.3) is 12.4 Å². The van der Waals surface area contributed by atoms with Crippen LogP contribution in [0.25, 0.3) is 10.9 Å². The number of hydrogen-bond acceptors (Lipinski definition) is 8. The van der Waals surface area contributed by atoms with Crippen LogP contribution in [-0.4, -0.2) is 70.0 Å². The number of anilines is 2. The van der Waals surface area contributed by atoms with Crippen molar-refractivity contribution in [2.75, 3.05) is 56.7 Å². The molecule has 1 amide bonds. The number of fused-ring (bicyclic) bond motifs is 1. The molecule has 2 aromatic carbocycles. The minimum Gasteiger partial charge on any atom is -0.497 e. The lowest BCUT2D eigenvalue weighted by atomic mass is 10.1. The molecule has 0 aliphatic carbocycles. The Morgan fingerprint density at radius 3 is 2.72 bits per heavy atom. The fraction of sp³-hybridized carbons (Fsp3) is 0.346. The molecule has 4 rings (SSSR count). The van der Waals surface area contributed by atoms with Gasteiger partial charge in [-0.1, -0.05) is 0 Å². The van der Waals surface area contributed by atoms with E-state index in [-0.39, 0.29) is 24.8 Å². The summed E-state index contributed by atoms with van der Waals surface area (Å²) in [6.07, 6.45) is -0.661. The SMILES string of the molecule is COc1ccc2cc(C(=O)NC[C@@H](CNc3ccc(N4CCOCC4)c(F)c3)OC=O)c(C)nc2c1. The van der Waals surface area contributed by atoms with Gasteiger partial charge in [-0.25, -0.2) is 4.39 Å². The second-order valence-electron chi connectivity index (χ2n) is 8.39. The fourth-order valence-corrected chi connectivity index (χ4v) is 4.06. The molecular weight excluding hydrogens is 467 g/mol. The van der Waals surface area contributed by atoms with Crippen molar-refractivity contribution in [2.45, 2.75) is 13.0 Å². The van der Waals surface area contributed by atoms with Gasteiger partial charge in [0, 0.05) is 30.2 Å². The fourth-order valence-electron chi connectivity index (χ4n) is 4.06. The first-order valence-electron chi connectivity index (χ1n) is 11.7. The second kappa shape index (κ2) is 11.7. The number of aryl methyl sites for hydroxylation is 1. The van der Waals surface area contributed by atoms with E-state index in [9.17, 15) is 14.0 Å². The lowest BCUT2D eigenvalue weighted by Gasteiger charge is -2.29. The largest absolute Gasteiger partial charge is 0.497 e. The van der Waals surface area contributed by atoms with Crippen molar-refractivity contribution in [3.05, 3.63) is 59.5 Å². The third-order valence-corrected chi connectivity index (χ3v) is 6.03. The Morgan fingerprint density at radius 2 is 2.00 bits per heavy atom. The first-order chi connectivity index (χ1) is 17.5. The lowest BCUT2D eigenvalue weighted by molar-refractivity contribution is -0.132. The van der Waals surface area contributed by atoms with Crippen LogP contribution in [0.4, 0.5) is 15.8 Å². The van der Waals surface area contributed by atoms with E-state index in [0.717, 1.165) is 10.9 Å². The van der Waals surface area contributed by atoms with Crippen molar-refractivity contribution in [1.29, 1.82) is 0 Å². The predicted octanol–water partition coefficient (Wildman–Crippen LogP) is 2.91. The van der Waals surface area contributed by atoms with Gasteiger partial charge in [-0.2, -0.15) is 0 Å². The predicted molar refractivity (Wildman–Crippen MR) is 134 cm³/mol. The topological polar surface area (TPSA) is 102 Å². The third kappa shape index (κ3) is 6.01. The molecule has 1 atom stereocenters. The minimum atomic E-state index is -0.661. The Bertz CT molecular complexity index is 1230. The van der Waals surface area contributed by atoms with Crippen LogP contribution < -0.4 is 20.3 Å². The van der Waals surface area contributed by atoms with Crippen LogP contribution in [0.15, 0.2) is 42.5 Å². The van der Waals surface area contributed by atoms with E-state index in [1.807, 2.05) is 11.0 Å². The van der Waals surface area contributed by atoms with E-state index < -0.39 is 6.10 Å². The summed E-state index contributed by atoms with van der Waals surface area (Å²) >= 11 is 0. The van der Waals surface area contributed by atoms with Gasteiger partial charge in [-0.3, -0.25) is 14.6 Å². The zero-order valence-electron chi connectivity index (χ0n) is 20.3. The minimum absolute atomic E-state index is 0.0685. The Balaban J connectivity index is 1.36. The number of pyridine rings is 1. The molecule has 1 aromatic heterocycles. The highest BCUT2D eigenvalue weighted by Gasteiger charge is 2.18. The number of nitrogens with one attached hydrogen (secondary N) is 2. The first kappa shape index (κ1) is 25.2. The highest BCUT2D eigenvalue weighted by atomic mass is 19.1. The maximum absolute atomic E-state index is 14.7. The normalized spacial score (nSPS) is 14.2. The molecule has 1 saturated heterocycles. The monoisotopic (exact) mass is 496 g/mol. The van der Waals surface area contributed by atoms with E-state index in [4.69, 9.17) is 14.2 Å². The molecule has 2 N–H and O–H groups in total. The zero-order valence-corrected chi connectivity index (χ0v) is 20.3. The van der Waals surface area contributed by atoms with Gasteiger partial charge >= 0.3 is 0 Å². The van der Waals surface area contributed by atoms with E-state index in [1.165, 1.54) is 6.07 Å². The number of nitrogens with zero attached hydrogens (tertiary/aromatic N) is 2. The number of carbonyl (C=O) groups excluding carboxylic acids is 2. The summed E-state index contributed by atoms with van der Waals surface area (Å²) in [5.74, 6) is 0.00153. The number of amides is 1. The van der Waals surface area contributed by atoms with Gasteiger partial charge in [0.1, 0.15) is 17.7 Å². The molecule has 0 spiro atoms. The number of methoxy groups -OCH3 is 1. The molecule has 9 nitrogen and oxygen atoms in total.